The number of likely N-dealkylation sites (tertiary alicyclic amines) is 1. The van der Waals surface area contributed by atoms with Crippen LogP contribution in [0, 0.1) is 0 Å². The van der Waals surface area contributed by atoms with Crippen molar-refractivity contribution < 1.29 is 0 Å². The smallest absolute Gasteiger partial charge is 0.0656 e. The topological polar surface area (TPSA) is 41.3 Å². The number of hydrogen-bond donors (Lipinski definition) is 2. The molecule has 0 spiro atoms. The maximum atomic E-state index is 6.42. The summed E-state index contributed by atoms with van der Waals surface area (Å²) < 4.78 is 0. The van der Waals surface area contributed by atoms with Crippen LogP contribution in [-0.4, -0.2) is 23.5 Å². The first-order valence-corrected chi connectivity index (χ1v) is 8.45. The van der Waals surface area contributed by atoms with Crippen LogP contribution in [0.15, 0.2) is 18.2 Å². The molecule has 5 heteroatoms. The molecule has 0 saturated carbocycles. The fraction of sp³-hybridized carbons (Fsp3) is 0.625. The molecule has 1 saturated heterocycles. The molecule has 1 aromatic rings. The van der Waals surface area contributed by atoms with Gasteiger partial charge in [0.05, 0.1) is 16.1 Å². The average molecular weight is 330 g/mol. The number of rotatable bonds is 5. The van der Waals surface area contributed by atoms with Gasteiger partial charge < -0.3 is 0 Å². The fourth-order valence-corrected chi connectivity index (χ4v) is 3.78. The summed E-state index contributed by atoms with van der Waals surface area (Å²) in [5.41, 5.74) is 3.88. The first-order valence-electron chi connectivity index (χ1n) is 7.69. The SMILES string of the molecule is CCC(C)(C(NN)c1cccc(Cl)c1Cl)N1CCCCC1. The molecule has 0 aromatic heterocycles. The van der Waals surface area contributed by atoms with Crippen LogP contribution in [0.3, 0.4) is 0 Å². The Labute approximate surface area is 137 Å². The van der Waals surface area contributed by atoms with E-state index < -0.39 is 0 Å². The van der Waals surface area contributed by atoms with E-state index in [1.54, 1.807) is 0 Å². The quantitative estimate of drug-likeness (QED) is 0.629. The third kappa shape index (κ3) is 3.38. The van der Waals surface area contributed by atoms with E-state index in [0.717, 1.165) is 25.1 Å². The number of benzene rings is 1. The Balaban J connectivity index is 2.38. The summed E-state index contributed by atoms with van der Waals surface area (Å²) in [6.07, 6.45) is 4.80. The van der Waals surface area contributed by atoms with Crippen molar-refractivity contribution in [1.82, 2.24) is 10.3 Å². The molecule has 1 aliphatic heterocycles. The van der Waals surface area contributed by atoms with E-state index in [4.69, 9.17) is 29.0 Å². The lowest BCUT2D eigenvalue weighted by Crippen LogP contribution is -2.57. The maximum Gasteiger partial charge on any atom is 0.0656 e. The van der Waals surface area contributed by atoms with Gasteiger partial charge in [-0.15, -0.1) is 0 Å². The molecule has 3 N–H and O–H groups in total. The summed E-state index contributed by atoms with van der Waals surface area (Å²) in [6, 6.07) is 5.70. The number of nitrogens with zero attached hydrogens (tertiary/aromatic N) is 1. The summed E-state index contributed by atoms with van der Waals surface area (Å²) in [7, 11) is 0. The second-order valence-corrected chi connectivity index (χ2v) is 6.79. The minimum Gasteiger partial charge on any atom is -0.296 e. The Morgan fingerprint density at radius 1 is 1.29 bits per heavy atom. The normalized spacial score (nSPS) is 21.0. The zero-order chi connectivity index (χ0) is 15.5. The molecule has 1 heterocycles. The van der Waals surface area contributed by atoms with Gasteiger partial charge in [-0.2, -0.15) is 0 Å². The fourth-order valence-electron chi connectivity index (χ4n) is 3.36. The van der Waals surface area contributed by atoms with Gasteiger partial charge in [-0.1, -0.05) is 48.7 Å². The molecular formula is C16H25Cl2N3. The van der Waals surface area contributed by atoms with Crippen LogP contribution in [0.4, 0.5) is 0 Å². The lowest BCUT2D eigenvalue weighted by molar-refractivity contribution is 0.0424. The molecule has 3 nitrogen and oxygen atoms in total. The number of hydrazine groups is 1. The Morgan fingerprint density at radius 3 is 2.52 bits per heavy atom. The summed E-state index contributed by atoms with van der Waals surface area (Å²) in [5, 5.41) is 1.17. The van der Waals surface area contributed by atoms with Crippen molar-refractivity contribution in [2.75, 3.05) is 13.1 Å². The predicted molar refractivity (Wildman–Crippen MR) is 90.6 cm³/mol. The van der Waals surface area contributed by atoms with Crippen molar-refractivity contribution in [3.63, 3.8) is 0 Å². The molecule has 0 bridgehead atoms. The minimum absolute atomic E-state index is 0.0493. The van der Waals surface area contributed by atoms with Crippen molar-refractivity contribution >= 4 is 23.2 Å². The molecule has 1 aliphatic rings. The van der Waals surface area contributed by atoms with Gasteiger partial charge in [0.15, 0.2) is 0 Å². The van der Waals surface area contributed by atoms with Crippen LogP contribution in [0.2, 0.25) is 10.0 Å². The Bertz CT molecular complexity index is 475. The third-order valence-corrected chi connectivity index (χ3v) is 5.71. The summed E-state index contributed by atoms with van der Waals surface area (Å²) in [4.78, 5) is 2.54. The van der Waals surface area contributed by atoms with Gasteiger partial charge in [0.1, 0.15) is 0 Å². The van der Waals surface area contributed by atoms with Crippen LogP contribution in [0.1, 0.15) is 51.1 Å². The Kier molecular flexibility index (Phi) is 5.92. The molecular weight excluding hydrogens is 305 g/mol. The zero-order valence-corrected chi connectivity index (χ0v) is 14.3. The van der Waals surface area contributed by atoms with E-state index in [9.17, 15) is 0 Å². The van der Waals surface area contributed by atoms with Gasteiger partial charge in [-0.05, 0) is 50.9 Å². The van der Waals surface area contributed by atoms with Crippen molar-refractivity contribution in [2.24, 2.45) is 5.84 Å². The monoisotopic (exact) mass is 329 g/mol. The Morgan fingerprint density at radius 2 is 1.95 bits per heavy atom. The van der Waals surface area contributed by atoms with E-state index in [2.05, 4.69) is 24.2 Å². The molecule has 0 aliphatic carbocycles. The molecule has 2 rings (SSSR count). The van der Waals surface area contributed by atoms with Gasteiger partial charge in [-0.25, -0.2) is 0 Å². The molecule has 0 amide bonds. The number of nitrogens with one attached hydrogen (secondary N) is 1. The van der Waals surface area contributed by atoms with Crippen LogP contribution >= 0.6 is 23.2 Å². The van der Waals surface area contributed by atoms with Crippen molar-refractivity contribution in [3.05, 3.63) is 33.8 Å². The average Bonchev–Trinajstić information content (AvgIpc) is 2.52. The van der Waals surface area contributed by atoms with Crippen molar-refractivity contribution in [2.45, 2.75) is 51.1 Å². The van der Waals surface area contributed by atoms with Gasteiger partial charge in [-0.3, -0.25) is 16.2 Å². The van der Waals surface area contributed by atoms with Crippen LogP contribution < -0.4 is 11.3 Å². The summed E-state index contributed by atoms with van der Waals surface area (Å²) in [6.45, 7) is 6.69. The van der Waals surface area contributed by atoms with Crippen LogP contribution in [0.5, 0.6) is 0 Å². The molecule has 2 unspecified atom stereocenters. The van der Waals surface area contributed by atoms with Crippen molar-refractivity contribution in [3.8, 4) is 0 Å². The number of halogens is 2. The second-order valence-electron chi connectivity index (χ2n) is 6.00. The van der Waals surface area contributed by atoms with E-state index in [1.165, 1.54) is 19.3 Å². The van der Waals surface area contributed by atoms with Gasteiger partial charge in [0.2, 0.25) is 0 Å². The Hall–Kier alpha value is -0.320. The number of nitrogens with two attached hydrogens (primary N) is 1. The standard InChI is InChI=1S/C16H25Cl2N3/c1-3-16(2,21-10-5-4-6-11-21)15(20-19)12-8-7-9-13(17)14(12)18/h7-9,15,20H,3-6,10-11,19H2,1-2H3. The summed E-state index contributed by atoms with van der Waals surface area (Å²) in [5.74, 6) is 5.91. The highest BCUT2D eigenvalue weighted by Crippen LogP contribution is 2.40. The highest BCUT2D eigenvalue weighted by atomic mass is 35.5. The number of piperidine rings is 1. The molecule has 1 aromatic carbocycles. The van der Waals surface area contributed by atoms with Crippen molar-refractivity contribution in [1.29, 1.82) is 0 Å². The largest absolute Gasteiger partial charge is 0.296 e. The summed E-state index contributed by atoms with van der Waals surface area (Å²) >= 11 is 12.6. The van der Waals surface area contributed by atoms with E-state index in [0.29, 0.717) is 10.0 Å². The molecule has 1 fully saturated rings. The second kappa shape index (κ2) is 7.30. The molecule has 21 heavy (non-hydrogen) atoms. The number of hydrogen-bond acceptors (Lipinski definition) is 3. The van der Waals surface area contributed by atoms with Crippen LogP contribution in [0.25, 0.3) is 0 Å². The minimum atomic E-state index is -0.0799. The maximum absolute atomic E-state index is 6.42. The highest BCUT2D eigenvalue weighted by molar-refractivity contribution is 6.42. The van der Waals surface area contributed by atoms with Crippen LogP contribution in [-0.2, 0) is 0 Å². The van der Waals surface area contributed by atoms with Gasteiger partial charge >= 0.3 is 0 Å². The van der Waals surface area contributed by atoms with E-state index in [1.807, 2.05) is 18.2 Å². The first-order chi connectivity index (χ1) is 10.0. The van der Waals surface area contributed by atoms with E-state index >= 15 is 0 Å². The predicted octanol–water partition coefficient (Wildman–Crippen LogP) is 4.15. The molecule has 2 atom stereocenters. The lowest BCUT2D eigenvalue weighted by atomic mass is 9.82. The van der Waals surface area contributed by atoms with E-state index in [-0.39, 0.29) is 11.6 Å². The molecule has 118 valence electrons. The van der Waals surface area contributed by atoms with Gasteiger partial charge in [0.25, 0.3) is 0 Å². The first kappa shape index (κ1) is 17.0. The lowest BCUT2D eigenvalue weighted by Gasteiger charge is -2.48. The zero-order valence-electron chi connectivity index (χ0n) is 12.8. The van der Waals surface area contributed by atoms with Gasteiger partial charge in [0, 0.05) is 5.54 Å². The highest BCUT2D eigenvalue weighted by Gasteiger charge is 2.40. The molecule has 0 radical (unpaired) electrons. The third-order valence-electron chi connectivity index (χ3n) is 4.88.